The van der Waals surface area contributed by atoms with E-state index in [2.05, 4.69) is 55.8 Å². The number of ether oxygens (including phenoxy) is 2. The smallest absolute Gasteiger partial charge is 0.213 e. The molecule has 5 heterocycles. The van der Waals surface area contributed by atoms with Crippen molar-refractivity contribution in [3.63, 3.8) is 0 Å². The van der Waals surface area contributed by atoms with Crippen LogP contribution in [0.5, 0.6) is 5.88 Å². The number of aromatic amines is 1. The van der Waals surface area contributed by atoms with Crippen molar-refractivity contribution in [3.05, 3.63) is 82.5 Å². The van der Waals surface area contributed by atoms with Crippen LogP contribution in [0.25, 0.3) is 22.4 Å². The number of likely N-dealkylation sites (tertiary alicyclic amines) is 1. The first-order chi connectivity index (χ1) is 22.0. The van der Waals surface area contributed by atoms with Gasteiger partial charge in [0.05, 0.1) is 30.2 Å². The Morgan fingerprint density at radius 3 is 2.71 bits per heavy atom. The second kappa shape index (κ2) is 13.5. The van der Waals surface area contributed by atoms with Crippen molar-refractivity contribution in [2.24, 2.45) is 0 Å². The molecule has 2 aromatic carbocycles. The topological polar surface area (TPSA) is 94.0 Å². The van der Waals surface area contributed by atoms with E-state index in [4.69, 9.17) is 31.0 Å². The molecule has 2 saturated heterocycles. The minimum absolute atomic E-state index is 0.101. The Labute approximate surface area is 270 Å². The number of piperidine rings is 1. The number of rotatable bonds is 11. The monoisotopic (exact) mass is 647 g/mol. The van der Waals surface area contributed by atoms with Crippen molar-refractivity contribution < 1.29 is 13.9 Å². The summed E-state index contributed by atoms with van der Waals surface area (Å²) in [7, 11) is 0. The fraction of sp³-hybridized carbons (Fsp3) is 0.394. The number of nitrogens with zero attached hydrogens (tertiary/aromatic N) is 6. The number of aromatic nitrogens is 6. The second-order valence-corrected chi connectivity index (χ2v) is 13.2. The summed E-state index contributed by atoms with van der Waals surface area (Å²) < 4.78 is 28.2. The summed E-state index contributed by atoms with van der Waals surface area (Å²) in [5, 5.41) is 8.52. The number of hydrogen-bond donors (Lipinski definition) is 1. The Morgan fingerprint density at radius 2 is 1.93 bits per heavy atom. The zero-order chi connectivity index (χ0) is 30.8. The number of nitrogens with one attached hydrogen (secondary N) is 1. The lowest BCUT2D eigenvalue weighted by Crippen LogP contribution is -2.35. The molecule has 2 aliphatic rings. The van der Waals surface area contributed by atoms with Crippen LogP contribution >= 0.6 is 23.4 Å². The average molecular weight is 648 g/mol. The van der Waals surface area contributed by atoms with Crippen LogP contribution in [-0.4, -0.2) is 66.2 Å². The molecule has 2 aliphatic heterocycles. The molecule has 7 rings (SSSR count). The van der Waals surface area contributed by atoms with E-state index in [0.717, 1.165) is 96.9 Å². The van der Waals surface area contributed by atoms with Crippen LogP contribution in [0.15, 0.2) is 59.8 Å². The first-order valence-electron chi connectivity index (χ1n) is 15.4. The SMILES string of the molecule is CCSc1n[nH]c(-c2ccc3c(c2)nc(CN2CCC(c4cccc(OCc5ccc(Cl)cc5F)n4)CC2)n3C[C@@H]2CCO2)n1. The van der Waals surface area contributed by atoms with E-state index < -0.39 is 0 Å². The van der Waals surface area contributed by atoms with Gasteiger partial charge in [0, 0.05) is 40.4 Å². The maximum Gasteiger partial charge on any atom is 0.213 e. The van der Waals surface area contributed by atoms with Gasteiger partial charge in [-0.1, -0.05) is 42.4 Å². The molecule has 0 bridgehead atoms. The molecule has 12 heteroatoms. The molecule has 0 saturated carbocycles. The molecule has 234 valence electrons. The molecule has 0 spiro atoms. The fourth-order valence-corrected chi connectivity index (χ4v) is 6.65. The van der Waals surface area contributed by atoms with Crippen molar-refractivity contribution >= 4 is 34.4 Å². The molecule has 0 amide bonds. The molecule has 2 fully saturated rings. The minimum atomic E-state index is -0.379. The third-order valence-electron chi connectivity index (χ3n) is 8.53. The Balaban J connectivity index is 1.02. The van der Waals surface area contributed by atoms with E-state index in [0.29, 0.717) is 22.4 Å². The Bertz CT molecular complexity index is 1780. The number of benzene rings is 2. The highest BCUT2D eigenvalue weighted by Gasteiger charge is 2.26. The van der Waals surface area contributed by atoms with E-state index in [9.17, 15) is 4.39 Å². The van der Waals surface area contributed by atoms with E-state index >= 15 is 0 Å². The summed E-state index contributed by atoms with van der Waals surface area (Å²) in [4.78, 5) is 17.0. The largest absolute Gasteiger partial charge is 0.473 e. The van der Waals surface area contributed by atoms with E-state index in [1.807, 2.05) is 12.1 Å². The van der Waals surface area contributed by atoms with Gasteiger partial charge in [-0.3, -0.25) is 10.00 Å². The predicted octanol–water partition coefficient (Wildman–Crippen LogP) is 6.87. The van der Waals surface area contributed by atoms with Crippen LogP contribution in [0.3, 0.4) is 0 Å². The van der Waals surface area contributed by atoms with Gasteiger partial charge >= 0.3 is 0 Å². The van der Waals surface area contributed by atoms with Crippen LogP contribution in [0.1, 0.15) is 49.2 Å². The standard InChI is InChI=1S/C33H35ClFN7O2S/c1-2-45-33-38-32(39-40-33)22-7-9-29-28(16-22)36-30(42(29)18-25-12-15-43-25)19-41-13-10-21(11-14-41)27-4-3-5-31(37-27)44-20-23-6-8-24(34)17-26(23)35/h3-9,16-17,21,25H,2,10-15,18-20H2,1H3,(H,38,39,40)/t25-/m0/s1. The van der Waals surface area contributed by atoms with Gasteiger partial charge in [0.2, 0.25) is 11.0 Å². The molecule has 5 aromatic rings. The van der Waals surface area contributed by atoms with Gasteiger partial charge in [0.15, 0.2) is 5.82 Å². The fourth-order valence-electron chi connectivity index (χ4n) is 5.97. The summed E-state index contributed by atoms with van der Waals surface area (Å²) in [6.07, 6.45) is 3.28. The highest BCUT2D eigenvalue weighted by atomic mass is 35.5. The normalized spacial score (nSPS) is 17.5. The predicted molar refractivity (Wildman–Crippen MR) is 173 cm³/mol. The Kier molecular flexibility index (Phi) is 9.02. The molecular formula is C33H35ClFN7O2S. The molecule has 0 aliphatic carbocycles. The Hall–Kier alpha value is -3.51. The van der Waals surface area contributed by atoms with E-state index in [1.165, 1.54) is 6.07 Å². The van der Waals surface area contributed by atoms with Gasteiger partial charge in [0.25, 0.3) is 0 Å². The lowest BCUT2D eigenvalue weighted by atomic mass is 9.93. The number of fused-ring (bicyclic) bond motifs is 1. The van der Waals surface area contributed by atoms with Crippen molar-refractivity contribution in [1.29, 1.82) is 0 Å². The number of H-pyrrole nitrogens is 1. The molecule has 1 atom stereocenters. The first-order valence-corrected chi connectivity index (χ1v) is 16.8. The number of pyridine rings is 1. The molecule has 3 aromatic heterocycles. The third-order valence-corrected chi connectivity index (χ3v) is 9.49. The molecule has 1 N–H and O–H groups in total. The first kappa shape index (κ1) is 30.2. The maximum atomic E-state index is 14.2. The summed E-state index contributed by atoms with van der Waals surface area (Å²) in [6.45, 7) is 6.48. The van der Waals surface area contributed by atoms with Gasteiger partial charge < -0.3 is 14.0 Å². The van der Waals surface area contributed by atoms with Crippen LogP contribution in [-0.2, 0) is 24.4 Å². The molecule has 45 heavy (non-hydrogen) atoms. The molecular weight excluding hydrogens is 613 g/mol. The minimum Gasteiger partial charge on any atom is -0.473 e. The van der Waals surface area contributed by atoms with Gasteiger partial charge in [-0.25, -0.2) is 19.3 Å². The van der Waals surface area contributed by atoms with Crippen molar-refractivity contribution in [1.82, 2.24) is 34.6 Å². The quantitative estimate of drug-likeness (QED) is 0.155. The third kappa shape index (κ3) is 6.86. The van der Waals surface area contributed by atoms with Crippen molar-refractivity contribution in [2.75, 3.05) is 25.4 Å². The van der Waals surface area contributed by atoms with Gasteiger partial charge in [-0.05, 0) is 74.5 Å². The number of thioether (sulfide) groups is 1. The summed E-state index contributed by atoms with van der Waals surface area (Å²) in [6, 6.07) is 16.8. The van der Waals surface area contributed by atoms with Gasteiger partial charge in [-0.2, -0.15) is 0 Å². The van der Waals surface area contributed by atoms with Crippen LogP contribution in [0, 0.1) is 5.82 Å². The number of imidazole rings is 1. The Morgan fingerprint density at radius 1 is 1.07 bits per heavy atom. The van der Waals surface area contributed by atoms with Crippen LogP contribution < -0.4 is 4.74 Å². The maximum absolute atomic E-state index is 14.2. The van der Waals surface area contributed by atoms with E-state index in [1.54, 1.807) is 23.9 Å². The van der Waals surface area contributed by atoms with Crippen molar-refractivity contribution in [2.45, 2.75) is 63.1 Å². The lowest BCUT2D eigenvalue weighted by molar-refractivity contribution is -0.0592. The molecule has 0 unspecified atom stereocenters. The van der Waals surface area contributed by atoms with E-state index in [-0.39, 0.29) is 18.5 Å². The zero-order valence-corrected chi connectivity index (χ0v) is 26.7. The molecule has 9 nitrogen and oxygen atoms in total. The summed E-state index contributed by atoms with van der Waals surface area (Å²) in [5.74, 6) is 3.19. The average Bonchev–Trinajstić information content (AvgIpc) is 3.63. The number of hydrogen-bond acceptors (Lipinski definition) is 8. The number of halogens is 2. The van der Waals surface area contributed by atoms with Gasteiger partial charge in [0.1, 0.15) is 18.2 Å². The van der Waals surface area contributed by atoms with Crippen LogP contribution in [0.4, 0.5) is 4.39 Å². The summed E-state index contributed by atoms with van der Waals surface area (Å²) >= 11 is 7.49. The highest BCUT2D eigenvalue weighted by Crippen LogP contribution is 2.31. The highest BCUT2D eigenvalue weighted by molar-refractivity contribution is 7.99. The van der Waals surface area contributed by atoms with Crippen LogP contribution in [0.2, 0.25) is 5.02 Å². The van der Waals surface area contributed by atoms with Crippen molar-refractivity contribution in [3.8, 4) is 17.3 Å². The van der Waals surface area contributed by atoms with Gasteiger partial charge in [-0.15, -0.1) is 5.10 Å². The molecule has 0 radical (unpaired) electrons. The summed E-state index contributed by atoms with van der Waals surface area (Å²) in [5.41, 5.74) is 4.51. The zero-order valence-electron chi connectivity index (χ0n) is 25.1. The lowest BCUT2D eigenvalue weighted by Gasteiger charge is -2.32. The second-order valence-electron chi connectivity index (χ2n) is 11.5.